The molecule has 2 aromatic heterocycles. The first-order chi connectivity index (χ1) is 15.6. The van der Waals surface area contributed by atoms with E-state index in [0.717, 1.165) is 16.7 Å². The number of pyridine rings is 1. The predicted octanol–water partition coefficient (Wildman–Crippen LogP) is 7.06. The van der Waals surface area contributed by atoms with Crippen LogP contribution in [-0.2, 0) is 16.4 Å². The molecule has 0 amide bonds. The highest BCUT2D eigenvalue weighted by Crippen LogP contribution is 2.42. The van der Waals surface area contributed by atoms with Crippen LogP contribution in [-0.4, -0.2) is 26.7 Å². The van der Waals surface area contributed by atoms with Gasteiger partial charge in [-0.3, -0.25) is 4.31 Å². The number of furan rings is 1. The quantitative estimate of drug-likeness (QED) is 0.283. The second kappa shape index (κ2) is 9.01. The van der Waals surface area contributed by atoms with Crippen LogP contribution in [0.25, 0.3) is 33.5 Å². The molecule has 0 atom stereocenters. The Kier molecular flexibility index (Phi) is 6.45. The molecule has 0 fully saturated rings. The van der Waals surface area contributed by atoms with Crippen LogP contribution >= 0.6 is 23.2 Å². The summed E-state index contributed by atoms with van der Waals surface area (Å²) in [4.78, 5) is 4.85. The Hall–Kier alpha value is -2.54. The number of benzene rings is 2. The van der Waals surface area contributed by atoms with E-state index >= 15 is 0 Å². The molecule has 33 heavy (non-hydrogen) atoms. The van der Waals surface area contributed by atoms with Crippen LogP contribution in [0.2, 0.25) is 10.0 Å². The highest BCUT2D eigenvalue weighted by molar-refractivity contribution is 7.92. The van der Waals surface area contributed by atoms with Crippen LogP contribution in [0.3, 0.4) is 0 Å². The summed E-state index contributed by atoms with van der Waals surface area (Å²) in [6.45, 7) is 4.11. The fourth-order valence-corrected chi connectivity index (χ4v) is 4.67. The van der Waals surface area contributed by atoms with E-state index in [2.05, 4.69) is 13.8 Å². The molecule has 0 spiro atoms. The van der Waals surface area contributed by atoms with E-state index in [-0.39, 0.29) is 5.92 Å². The van der Waals surface area contributed by atoms with Gasteiger partial charge in [0.1, 0.15) is 11.4 Å². The van der Waals surface area contributed by atoms with Crippen molar-refractivity contribution in [2.45, 2.75) is 20.3 Å². The van der Waals surface area contributed by atoms with Gasteiger partial charge in [-0.25, -0.2) is 13.4 Å². The number of anilines is 1. The number of hydrogen-bond donors (Lipinski definition) is 0. The number of aromatic nitrogens is 1. The van der Waals surface area contributed by atoms with E-state index in [1.54, 1.807) is 12.1 Å². The predicted molar refractivity (Wildman–Crippen MR) is 137 cm³/mol. The molecule has 0 aliphatic rings. The summed E-state index contributed by atoms with van der Waals surface area (Å²) in [5.41, 5.74) is 3.95. The standard InChI is InChI=1S/C25H24Cl2N2O3S/c1-15(2)13-22-24(29(3)33(4,30)31)20-14-19(16-9-11-17(26)12-10-16)23(28-25(20)32-22)18-7-5-6-8-21(18)27/h5-12,14-15H,13H2,1-4H3. The average Bonchev–Trinajstić information content (AvgIpc) is 3.08. The van der Waals surface area contributed by atoms with Crippen molar-refractivity contribution >= 4 is 50.0 Å². The highest BCUT2D eigenvalue weighted by Gasteiger charge is 2.26. The van der Waals surface area contributed by atoms with Crippen LogP contribution in [0.15, 0.2) is 59.0 Å². The molecule has 0 N–H and O–H groups in total. The van der Waals surface area contributed by atoms with Crippen molar-refractivity contribution in [3.63, 3.8) is 0 Å². The van der Waals surface area contributed by atoms with Gasteiger partial charge in [-0.05, 0) is 35.7 Å². The first kappa shape index (κ1) is 23.6. The van der Waals surface area contributed by atoms with Crippen molar-refractivity contribution in [2.75, 3.05) is 17.6 Å². The third kappa shape index (κ3) is 4.74. The molecule has 8 heteroatoms. The summed E-state index contributed by atoms with van der Waals surface area (Å²) >= 11 is 12.7. The van der Waals surface area contributed by atoms with Gasteiger partial charge in [-0.1, -0.05) is 67.4 Å². The van der Waals surface area contributed by atoms with Crippen molar-refractivity contribution in [3.05, 3.63) is 70.4 Å². The van der Waals surface area contributed by atoms with Crippen molar-refractivity contribution in [3.8, 4) is 22.4 Å². The molecule has 0 aliphatic heterocycles. The van der Waals surface area contributed by atoms with Gasteiger partial charge in [0.05, 0.1) is 17.3 Å². The molecule has 2 heterocycles. The van der Waals surface area contributed by atoms with Gasteiger partial charge in [0.15, 0.2) is 0 Å². The lowest BCUT2D eigenvalue weighted by Crippen LogP contribution is -2.25. The van der Waals surface area contributed by atoms with Gasteiger partial charge in [0, 0.05) is 34.6 Å². The lowest BCUT2D eigenvalue weighted by Gasteiger charge is -2.18. The smallest absolute Gasteiger partial charge is 0.232 e. The maximum Gasteiger partial charge on any atom is 0.232 e. The second-order valence-corrected chi connectivity index (χ2v) is 11.3. The fraction of sp³-hybridized carbons (Fsp3) is 0.240. The minimum absolute atomic E-state index is 0.260. The van der Waals surface area contributed by atoms with Crippen LogP contribution < -0.4 is 4.31 Å². The fourth-order valence-electron chi connectivity index (χ4n) is 3.79. The Morgan fingerprint density at radius 2 is 1.70 bits per heavy atom. The molecular weight excluding hydrogens is 479 g/mol. The van der Waals surface area contributed by atoms with Crippen molar-refractivity contribution < 1.29 is 12.8 Å². The monoisotopic (exact) mass is 502 g/mol. The normalized spacial score (nSPS) is 12.0. The SMILES string of the molecule is CC(C)Cc1oc2nc(-c3ccccc3Cl)c(-c3ccc(Cl)cc3)cc2c1N(C)S(C)(=O)=O. The molecule has 0 saturated carbocycles. The largest absolute Gasteiger partial charge is 0.440 e. The zero-order chi connectivity index (χ0) is 23.9. The Bertz CT molecular complexity index is 1430. The molecule has 0 unspecified atom stereocenters. The third-order valence-electron chi connectivity index (χ3n) is 5.42. The summed E-state index contributed by atoms with van der Waals surface area (Å²) in [6, 6.07) is 16.8. The maximum atomic E-state index is 12.5. The number of rotatable bonds is 6. The van der Waals surface area contributed by atoms with Crippen molar-refractivity contribution in [1.29, 1.82) is 0 Å². The average molecular weight is 503 g/mol. The number of nitrogens with zero attached hydrogens (tertiary/aromatic N) is 2. The summed E-state index contributed by atoms with van der Waals surface area (Å²) in [7, 11) is -1.99. The maximum absolute atomic E-state index is 12.5. The first-order valence-corrected chi connectivity index (χ1v) is 13.1. The minimum atomic E-state index is -3.52. The zero-order valence-corrected chi connectivity index (χ0v) is 21.1. The molecule has 0 bridgehead atoms. The summed E-state index contributed by atoms with van der Waals surface area (Å²) < 4.78 is 32.4. The van der Waals surface area contributed by atoms with Crippen molar-refractivity contribution in [2.24, 2.45) is 5.92 Å². The van der Waals surface area contributed by atoms with Gasteiger partial charge in [0.25, 0.3) is 0 Å². The summed E-state index contributed by atoms with van der Waals surface area (Å²) in [5.74, 6) is 0.842. The molecule has 4 aromatic rings. The van der Waals surface area contributed by atoms with Gasteiger partial charge < -0.3 is 4.42 Å². The van der Waals surface area contributed by atoms with Crippen molar-refractivity contribution in [1.82, 2.24) is 4.98 Å². The molecule has 4 rings (SSSR count). The van der Waals surface area contributed by atoms with Crippen LogP contribution in [0.1, 0.15) is 19.6 Å². The Morgan fingerprint density at radius 1 is 1.03 bits per heavy atom. The van der Waals surface area contributed by atoms with E-state index in [1.807, 2.05) is 42.5 Å². The first-order valence-electron chi connectivity index (χ1n) is 10.5. The Balaban J connectivity index is 2.09. The second-order valence-electron chi connectivity index (χ2n) is 8.43. The summed E-state index contributed by atoms with van der Waals surface area (Å²) in [5, 5.41) is 1.80. The zero-order valence-electron chi connectivity index (χ0n) is 18.8. The van der Waals surface area contributed by atoms with Crippen LogP contribution in [0, 0.1) is 5.92 Å². The molecule has 172 valence electrons. The molecular formula is C25H24Cl2N2O3S. The molecule has 0 aliphatic carbocycles. The Labute approximate surface area is 204 Å². The van der Waals surface area contributed by atoms with E-state index in [9.17, 15) is 8.42 Å². The highest BCUT2D eigenvalue weighted by atomic mass is 35.5. The Morgan fingerprint density at radius 3 is 2.30 bits per heavy atom. The number of fused-ring (bicyclic) bond motifs is 1. The summed E-state index contributed by atoms with van der Waals surface area (Å²) in [6.07, 6.45) is 1.75. The molecule has 0 radical (unpaired) electrons. The third-order valence-corrected chi connectivity index (χ3v) is 7.18. The molecule has 2 aromatic carbocycles. The van der Waals surface area contributed by atoms with Gasteiger partial charge in [-0.15, -0.1) is 0 Å². The van der Waals surface area contributed by atoms with E-state index in [4.69, 9.17) is 32.6 Å². The van der Waals surface area contributed by atoms with E-state index < -0.39 is 10.0 Å². The minimum Gasteiger partial charge on any atom is -0.440 e. The van der Waals surface area contributed by atoms with Crippen LogP contribution in [0.4, 0.5) is 5.69 Å². The number of sulfonamides is 1. The lowest BCUT2D eigenvalue weighted by molar-refractivity contribution is 0.494. The van der Waals surface area contributed by atoms with E-state index in [1.165, 1.54) is 17.6 Å². The molecule has 5 nitrogen and oxygen atoms in total. The van der Waals surface area contributed by atoms with Gasteiger partial charge in [0.2, 0.25) is 15.7 Å². The number of halogens is 2. The van der Waals surface area contributed by atoms with Gasteiger partial charge >= 0.3 is 0 Å². The topological polar surface area (TPSA) is 63.4 Å². The number of hydrogen-bond acceptors (Lipinski definition) is 4. The van der Waals surface area contributed by atoms with E-state index in [0.29, 0.717) is 44.7 Å². The van der Waals surface area contributed by atoms with Gasteiger partial charge in [-0.2, -0.15) is 0 Å². The van der Waals surface area contributed by atoms with Crippen LogP contribution in [0.5, 0.6) is 0 Å². The molecule has 0 saturated heterocycles. The lowest BCUT2D eigenvalue weighted by atomic mass is 9.98.